The van der Waals surface area contributed by atoms with Gasteiger partial charge in [-0.2, -0.15) is 0 Å². The Hall–Kier alpha value is 0.120. The third kappa shape index (κ3) is 2.43. The van der Waals surface area contributed by atoms with Crippen LogP contribution in [0.3, 0.4) is 0 Å². The van der Waals surface area contributed by atoms with Crippen LogP contribution in [0.15, 0.2) is 0 Å². The number of carbonyl (C=O) groups is 1. The zero-order valence-electron chi connectivity index (χ0n) is 4.10. The molecular weight excluding hydrogens is 223 g/mol. The third-order valence-electron chi connectivity index (χ3n) is 0.627. The van der Waals surface area contributed by atoms with E-state index >= 15 is 0 Å². The lowest BCUT2D eigenvalue weighted by Gasteiger charge is -2.02. The van der Waals surface area contributed by atoms with Crippen molar-refractivity contribution in [1.29, 1.82) is 0 Å². The van der Waals surface area contributed by atoms with Gasteiger partial charge in [-0.05, 0) is 0 Å². The van der Waals surface area contributed by atoms with Crippen LogP contribution in [0.2, 0.25) is 0 Å². The average molecular weight is 230 g/mol. The molecular formula is C3H7IN2O2. The SMILES string of the molecule is N[C@H](CO)C(=O)NI. The molecule has 0 radical (unpaired) electrons. The van der Waals surface area contributed by atoms with Crippen LogP contribution in [0.1, 0.15) is 0 Å². The van der Waals surface area contributed by atoms with E-state index in [1.807, 2.05) is 0 Å². The lowest BCUT2D eigenvalue weighted by atomic mass is 10.3. The molecule has 4 N–H and O–H groups in total. The number of amides is 1. The van der Waals surface area contributed by atoms with Crippen molar-refractivity contribution < 1.29 is 9.90 Å². The van der Waals surface area contributed by atoms with Crippen LogP contribution < -0.4 is 9.26 Å². The monoisotopic (exact) mass is 230 g/mol. The van der Waals surface area contributed by atoms with E-state index in [1.54, 1.807) is 22.9 Å². The largest absolute Gasteiger partial charge is 0.394 e. The molecule has 0 aliphatic rings. The normalized spacial score (nSPS) is 12.9. The summed E-state index contributed by atoms with van der Waals surface area (Å²) in [5.74, 6) is -0.354. The second-order valence-corrected chi connectivity index (χ2v) is 1.79. The number of rotatable bonds is 2. The minimum atomic E-state index is -0.785. The van der Waals surface area contributed by atoms with Crippen molar-refractivity contribution in [2.24, 2.45) is 5.73 Å². The first-order chi connectivity index (χ1) is 3.72. The van der Waals surface area contributed by atoms with E-state index < -0.39 is 6.04 Å². The molecule has 1 amide bonds. The smallest absolute Gasteiger partial charge is 0.247 e. The predicted molar refractivity (Wildman–Crippen MR) is 37.2 cm³/mol. The molecule has 0 saturated carbocycles. The number of hydrogen-bond acceptors (Lipinski definition) is 3. The van der Waals surface area contributed by atoms with E-state index in [0.29, 0.717) is 0 Å². The summed E-state index contributed by atoms with van der Waals surface area (Å²) in [6.07, 6.45) is 0. The van der Waals surface area contributed by atoms with Crippen molar-refractivity contribution in [3.05, 3.63) is 0 Å². The second kappa shape index (κ2) is 4.04. The number of nitrogens with one attached hydrogen (secondary N) is 1. The van der Waals surface area contributed by atoms with Crippen LogP contribution in [-0.4, -0.2) is 23.7 Å². The molecule has 0 bridgehead atoms. The molecule has 5 heteroatoms. The Morgan fingerprint density at radius 1 is 2.00 bits per heavy atom. The Labute approximate surface area is 60.9 Å². The van der Waals surface area contributed by atoms with Crippen LogP contribution in [-0.2, 0) is 4.79 Å². The molecule has 0 aliphatic carbocycles. The lowest BCUT2D eigenvalue weighted by molar-refractivity contribution is -0.120. The molecule has 0 spiro atoms. The zero-order valence-corrected chi connectivity index (χ0v) is 6.25. The van der Waals surface area contributed by atoms with Gasteiger partial charge in [0.05, 0.1) is 29.5 Å². The molecule has 0 fully saturated rings. The fraction of sp³-hybridized carbons (Fsp3) is 0.667. The molecule has 0 aromatic rings. The molecule has 8 heavy (non-hydrogen) atoms. The molecule has 0 unspecified atom stereocenters. The maximum Gasteiger partial charge on any atom is 0.247 e. The number of halogens is 1. The highest BCUT2D eigenvalue weighted by molar-refractivity contribution is 14.1. The Kier molecular flexibility index (Phi) is 4.11. The predicted octanol–water partition coefficient (Wildman–Crippen LogP) is -1.23. The van der Waals surface area contributed by atoms with Crippen molar-refractivity contribution in [2.45, 2.75) is 6.04 Å². The first-order valence-corrected chi connectivity index (χ1v) is 3.07. The van der Waals surface area contributed by atoms with Crippen LogP contribution in [0.25, 0.3) is 0 Å². The highest BCUT2D eigenvalue weighted by atomic mass is 127. The lowest BCUT2D eigenvalue weighted by Crippen LogP contribution is -2.39. The molecule has 1 atom stereocenters. The van der Waals surface area contributed by atoms with E-state index in [1.165, 1.54) is 0 Å². The summed E-state index contributed by atoms with van der Waals surface area (Å²) >= 11 is 1.66. The number of hydrogen-bond donors (Lipinski definition) is 3. The highest BCUT2D eigenvalue weighted by Crippen LogP contribution is 1.78. The first kappa shape index (κ1) is 8.12. The van der Waals surface area contributed by atoms with E-state index in [0.717, 1.165) is 0 Å². The van der Waals surface area contributed by atoms with Gasteiger partial charge in [-0.3, -0.25) is 8.32 Å². The first-order valence-electron chi connectivity index (χ1n) is 1.99. The van der Waals surface area contributed by atoms with E-state index in [4.69, 9.17) is 10.8 Å². The van der Waals surface area contributed by atoms with Crippen LogP contribution in [0, 0.1) is 0 Å². The van der Waals surface area contributed by atoms with Gasteiger partial charge in [0.1, 0.15) is 6.04 Å². The van der Waals surface area contributed by atoms with Crippen molar-refractivity contribution in [2.75, 3.05) is 6.61 Å². The third-order valence-corrected chi connectivity index (χ3v) is 1.16. The van der Waals surface area contributed by atoms with Gasteiger partial charge >= 0.3 is 0 Å². The summed E-state index contributed by atoms with van der Waals surface area (Å²) in [7, 11) is 0. The molecule has 4 nitrogen and oxygen atoms in total. The number of nitrogens with two attached hydrogens (primary N) is 1. The molecule has 0 rings (SSSR count). The summed E-state index contributed by atoms with van der Waals surface area (Å²) in [6, 6.07) is -0.785. The van der Waals surface area contributed by atoms with Crippen molar-refractivity contribution in [3.8, 4) is 0 Å². The molecule has 0 aromatic heterocycles. The molecule has 0 aromatic carbocycles. The molecule has 0 saturated heterocycles. The van der Waals surface area contributed by atoms with Gasteiger partial charge < -0.3 is 10.8 Å². The van der Waals surface area contributed by atoms with Gasteiger partial charge in [0.15, 0.2) is 0 Å². The summed E-state index contributed by atoms with van der Waals surface area (Å²) < 4.78 is 2.26. The van der Waals surface area contributed by atoms with Gasteiger partial charge in [0.2, 0.25) is 5.91 Å². The second-order valence-electron chi connectivity index (χ2n) is 1.25. The summed E-state index contributed by atoms with van der Waals surface area (Å²) in [5.41, 5.74) is 5.06. The fourth-order valence-electron chi connectivity index (χ4n) is 0.153. The van der Waals surface area contributed by atoms with Crippen LogP contribution in [0.4, 0.5) is 0 Å². The Bertz CT molecular complexity index is 87.4. The maximum absolute atomic E-state index is 10.3. The average Bonchev–Trinajstić information content (AvgIpc) is 1.84. The van der Waals surface area contributed by atoms with E-state index in [9.17, 15) is 4.79 Å². The minimum absolute atomic E-state index is 0.311. The number of aliphatic hydroxyl groups excluding tert-OH is 1. The Balaban J connectivity index is 3.46. The summed E-state index contributed by atoms with van der Waals surface area (Å²) in [5, 5.41) is 8.25. The van der Waals surface area contributed by atoms with Crippen molar-refractivity contribution >= 4 is 28.8 Å². The van der Waals surface area contributed by atoms with Gasteiger partial charge in [-0.15, -0.1) is 0 Å². The van der Waals surface area contributed by atoms with Crippen LogP contribution >= 0.6 is 22.9 Å². The van der Waals surface area contributed by atoms with E-state index in [2.05, 4.69) is 3.53 Å². The minimum Gasteiger partial charge on any atom is -0.394 e. The van der Waals surface area contributed by atoms with Crippen LogP contribution in [0.5, 0.6) is 0 Å². The maximum atomic E-state index is 10.3. The molecule has 48 valence electrons. The van der Waals surface area contributed by atoms with Gasteiger partial charge in [-0.1, -0.05) is 0 Å². The number of aliphatic hydroxyl groups is 1. The van der Waals surface area contributed by atoms with E-state index in [-0.39, 0.29) is 12.5 Å². The van der Waals surface area contributed by atoms with Gasteiger partial charge in [0.25, 0.3) is 0 Å². The zero-order chi connectivity index (χ0) is 6.57. The summed E-state index contributed by atoms with van der Waals surface area (Å²) in [6.45, 7) is -0.311. The van der Waals surface area contributed by atoms with Gasteiger partial charge in [-0.25, -0.2) is 0 Å². The Morgan fingerprint density at radius 3 is 2.62 bits per heavy atom. The quantitative estimate of drug-likeness (QED) is 0.410. The molecule has 0 aliphatic heterocycles. The van der Waals surface area contributed by atoms with Crippen molar-refractivity contribution in [3.63, 3.8) is 0 Å². The number of carbonyl (C=O) groups excluding carboxylic acids is 1. The molecule has 0 heterocycles. The van der Waals surface area contributed by atoms with Gasteiger partial charge in [0, 0.05) is 0 Å². The van der Waals surface area contributed by atoms with Crippen molar-refractivity contribution in [1.82, 2.24) is 3.53 Å². The summed E-state index contributed by atoms with van der Waals surface area (Å²) in [4.78, 5) is 10.3. The topological polar surface area (TPSA) is 75.3 Å². The standard InChI is InChI=1S/C3H7IN2O2/c4-6-3(8)2(5)1-7/h2,7H,1,5H2,(H,6,8)/t2-/m1/s1. The fourth-order valence-corrected chi connectivity index (χ4v) is 0.553. The Morgan fingerprint density at radius 2 is 2.50 bits per heavy atom. The highest BCUT2D eigenvalue weighted by Gasteiger charge is 2.08.